The predicted molar refractivity (Wildman–Crippen MR) is 108 cm³/mol. The summed E-state index contributed by atoms with van der Waals surface area (Å²) in [5, 5.41) is 20.9. The summed E-state index contributed by atoms with van der Waals surface area (Å²) >= 11 is 0. The van der Waals surface area contributed by atoms with E-state index < -0.39 is 32.8 Å². The molecule has 0 saturated heterocycles. The van der Waals surface area contributed by atoms with Gasteiger partial charge in [-0.25, -0.2) is 18.3 Å². The van der Waals surface area contributed by atoms with Crippen molar-refractivity contribution in [2.75, 3.05) is 6.54 Å². The molecular weight excluding hydrogens is 449 g/mol. The maximum Gasteiger partial charge on any atom is 0.327 e. The van der Waals surface area contributed by atoms with Gasteiger partial charge < -0.3 is 10.1 Å². The number of nitro groups is 1. The molecule has 13 nitrogen and oxygen atoms in total. The number of hydrogen-bond acceptors (Lipinski definition) is 8. The molecule has 1 heterocycles. The van der Waals surface area contributed by atoms with Gasteiger partial charge in [0.15, 0.2) is 0 Å². The molecule has 0 bridgehead atoms. The molecule has 0 aliphatic rings. The van der Waals surface area contributed by atoms with Gasteiger partial charge in [-0.1, -0.05) is 12.1 Å². The standard InChI is InChI=1S/C17H20FN7O6S/c18-13-4-1-3-12(9-13)15-7-6-14(10-21-15)32(30,31)23-16(17(26)22-27)5-2-8-20-11-24(19)25(28)29/h1,3-4,6-7,9-11,16,23H,2,5,8,19H2,(H2,22,26,27)/p+1/t16-/m1/s1. The number of hydroxylamine groups is 1. The van der Waals surface area contributed by atoms with Crippen LogP contribution in [0.5, 0.6) is 0 Å². The van der Waals surface area contributed by atoms with Crippen LogP contribution in [0.4, 0.5) is 4.39 Å². The number of hydrazine groups is 2. The van der Waals surface area contributed by atoms with E-state index in [-0.39, 0.29) is 29.1 Å². The summed E-state index contributed by atoms with van der Waals surface area (Å²) in [6.07, 6.45) is 2.08. The average Bonchev–Trinajstić information content (AvgIpc) is 2.77. The third-order valence-corrected chi connectivity index (χ3v) is 5.57. The van der Waals surface area contributed by atoms with Crippen molar-refractivity contribution in [1.82, 2.24) is 20.5 Å². The third-order valence-electron chi connectivity index (χ3n) is 4.12. The number of nitrogens with zero attached hydrogens (tertiary/aromatic N) is 3. The van der Waals surface area contributed by atoms with Crippen LogP contribution in [0.25, 0.3) is 11.3 Å². The molecule has 32 heavy (non-hydrogen) atoms. The minimum atomic E-state index is -4.19. The SMILES string of the molecule is N/[N+](=C/NCCC[C@@H](NS(=O)(=O)c1ccc(-c2cccc(F)c2)nc1)C(=O)NO)[N+](=O)[O-]. The molecule has 1 aromatic heterocycles. The molecule has 2 aromatic rings. The molecule has 1 aromatic carbocycles. The average molecular weight is 470 g/mol. The number of pyridine rings is 1. The largest absolute Gasteiger partial charge is 0.327 e. The van der Waals surface area contributed by atoms with Crippen molar-refractivity contribution in [1.29, 1.82) is 0 Å². The number of sulfonamides is 1. The van der Waals surface area contributed by atoms with Crippen molar-refractivity contribution in [2.45, 2.75) is 23.8 Å². The summed E-state index contributed by atoms with van der Waals surface area (Å²) in [5.74, 6) is 3.57. The Labute approximate surface area is 181 Å². The highest BCUT2D eigenvalue weighted by atomic mass is 32.2. The lowest BCUT2D eigenvalue weighted by Crippen LogP contribution is -2.46. The molecular formula is C17H21FN7O6S+. The third kappa shape index (κ3) is 6.93. The quantitative estimate of drug-likeness (QED) is 0.0421. The van der Waals surface area contributed by atoms with E-state index in [4.69, 9.17) is 11.0 Å². The molecule has 0 aliphatic carbocycles. The zero-order chi connectivity index (χ0) is 23.7. The summed E-state index contributed by atoms with van der Waals surface area (Å²) in [5.41, 5.74) is 2.19. The van der Waals surface area contributed by atoms with Crippen LogP contribution in [-0.4, -0.2) is 53.3 Å². The maximum atomic E-state index is 13.4. The lowest BCUT2D eigenvalue weighted by molar-refractivity contribution is -1.10. The summed E-state index contributed by atoms with van der Waals surface area (Å²) in [4.78, 5) is 26.2. The topological polar surface area (TPSA) is 193 Å². The fourth-order valence-corrected chi connectivity index (χ4v) is 3.72. The number of nitrogens with one attached hydrogen (secondary N) is 3. The first-order chi connectivity index (χ1) is 15.1. The Morgan fingerprint density at radius 2 is 2.09 bits per heavy atom. The van der Waals surface area contributed by atoms with Crippen molar-refractivity contribution in [3.05, 3.63) is 58.5 Å². The van der Waals surface area contributed by atoms with E-state index in [2.05, 4.69) is 15.0 Å². The van der Waals surface area contributed by atoms with E-state index in [0.29, 0.717) is 11.3 Å². The maximum absolute atomic E-state index is 13.4. The second-order valence-electron chi connectivity index (χ2n) is 6.38. The molecule has 0 spiro atoms. The number of carbonyl (C=O) groups is 1. The molecule has 172 valence electrons. The number of aromatic nitrogens is 1. The van der Waals surface area contributed by atoms with E-state index in [9.17, 15) is 27.7 Å². The summed E-state index contributed by atoms with van der Waals surface area (Å²) in [6, 6.07) is 6.91. The van der Waals surface area contributed by atoms with Gasteiger partial charge in [0.25, 0.3) is 5.91 Å². The van der Waals surface area contributed by atoms with Crippen LogP contribution in [0.3, 0.4) is 0 Å². The van der Waals surface area contributed by atoms with Gasteiger partial charge in [0.05, 0.1) is 12.2 Å². The molecule has 0 fully saturated rings. The zero-order valence-corrected chi connectivity index (χ0v) is 17.3. The van der Waals surface area contributed by atoms with Gasteiger partial charge in [0, 0.05) is 11.8 Å². The smallest absolute Gasteiger partial charge is 0.321 e. The molecule has 0 aliphatic heterocycles. The predicted octanol–water partition coefficient (Wildman–Crippen LogP) is -0.484. The van der Waals surface area contributed by atoms with Gasteiger partial charge in [-0.05, 0) is 37.1 Å². The number of carbonyl (C=O) groups excluding carboxylic acids is 1. The van der Waals surface area contributed by atoms with Gasteiger partial charge in [0.2, 0.25) is 10.0 Å². The Balaban J connectivity index is 2.05. The van der Waals surface area contributed by atoms with Crippen molar-refractivity contribution < 1.29 is 32.6 Å². The minimum Gasteiger partial charge on any atom is -0.321 e. The Morgan fingerprint density at radius 1 is 1.34 bits per heavy atom. The number of benzene rings is 1. The Hall–Kier alpha value is -3.69. The van der Waals surface area contributed by atoms with E-state index in [1.165, 1.54) is 35.8 Å². The molecule has 2 rings (SSSR count). The molecule has 0 saturated carbocycles. The summed E-state index contributed by atoms with van der Waals surface area (Å²) in [6.45, 7) is 0.127. The van der Waals surface area contributed by atoms with Crippen molar-refractivity contribution >= 4 is 22.3 Å². The van der Waals surface area contributed by atoms with Gasteiger partial charge in [-0.3, -0.25) is 20.3 Å². The highest BCUT2D eigenvalue weighted by molar-refractivity contribution is 7.89. The highest BCUT2D eigenvalue weighted by Crippen LogP contribution is 2.19. The molecule has 1 amide bonds. The first kappa shape index (κ1) is 24.6. The number of halogens is 1. The number of nitrogens with two attached hydrogens (primary N) is 1. The van der Waals surface area contributed by atoms with Gasteiger partial charge in [-0.2, -0.15) is 4.72 Å². The first-order valence-electron chi connectivity index (χ1n) is 9.07. The minimum absolute atomic E-state index is 0.0513. The lowest BCUT2D eigenvalue weighted by Gasteiger charge is -2.16. The van der Waals surface area contributed by atoms with Crippen LogP contribution in [0.1, 0.15) is 12.8 Å². The number of amides is 1. The Morgan fingerprint density at radius 3 is 2.69 bits per heavy atom. The monoisotopic (exact) mass is 470 g/mol. The second-order valence-corrected chi connectivity index (χ2v) is 8.10. The molecule has 15 heteroatoms. The highest BCUT2D eigenvalue weighted by Gasteiger charge is 2.26. The van der Waals surface area contributed by atoms with E-state index >= 15 is 0 Å². The fraction of sp³-hybridized carbons (Fsp3) is 0.235. The number of hydrogen-bond donors (Lipinski definition) is 5. The number of hydrazone groups is 2. The van der Waals surface area contributed by atoms with Crippen molar-refractivity contribution in [3.63, 3.8) is 0 Å². The molecule has 1 atom stereocenters. The van der Waals surface area contributed by atoms with Gasteiger partial charge in [0.1, 0.15) is 26.6 Å². The van der Waals surface area contributed by atoms with Crippen LogP contribution in [0.2, 0.25) is 0 Å². The zero-order valence-electron chi connectivity index (χ0n) is 16.5. The van der Waals surface area contributed by atoms with Crippen LogP contribution in [0.15, 0.2) is 47.5 Å². The normalized spacial score (nSPS) is 12.8. The first-order valence-corrected chi connectivity index (χ1v) is 10.6. The van der Waals surface area contributed by atoms with E-state index in [0.717, 1.165) is 12.5 Å². The molecule has 6 N–H and O–H groups in total. The van der Waals surface area contributed by atoms with E-state index in [1.54, 1.807) is 6.07 Å². The van der Waals surface area contributed by atoms with Gasteiger partial charge in [-0.15, -0.1) is 5.84 Å². The van der Waals surface area contributed by atoms with Crippen LogP contribution in [0, 0.1) is 15.9 Å². The fourth-order valence-electron chi connectivity index (χ4n) is 2.55. The second kappa shape index (κ2) is 11.1. The Kier molecular flexibility index (Phi) is 8.51. The Bertz CT molecular complexity index is 1090. The molecule has 0 unspecified atom stereocenters. The molecule has 0 radical (unpaired) electrons. The van der Waals surface area contributed by atoms with Crippen LogP contribution >= 0.6 is 0 Å². The van der Waals surface area contributed by atoms with E-state index in [1.807, 2.05) is 0 Å². The summed E-state index contributed by atoms with van der Waals surface area (Å²) < 4.78 is 40.8. The van der Waals surface area contributed by atoms with Crippen LogP contribution < -0.4 is 21.4 Å². The summed E-state index contributed by atoms with van der Waals surface area (Å²) in [7, 11) is -4.19. The number of rotatable bonds is 11. The lowest BCUT2D eigenvalue weighted by atomic mass is 10.1. The van der Waals surface area contributed by atoms with Crippen molar-refractivity contribution in [3.8, 4) is 11.3 Å². The van der Waals surface area contributed by atoms with Crippen LogP contribution in [-0.2, 0) is 14.8 Å². The van der Waals surface area contributed by atoms with Gasteiger partial charge >= 0.3 is 6.34 Å². The van der Waals surface area contributed by atoms with Crippen molar-refractivity contribution in [2.24, 2.45) is 5.84 Å².